The van der Waals surface area contributed by atoms with Crippen LogP contribution in [0.1, 0.15) is 23.7 Å². The summed E-state index contributed by atoms with van der Waals surface area (Å²) in [5.74, 6) is 0.845. The quantitative estimate of drug-likeness (QED) is 0.850. The molecule has 0 fully saturated rings. The van der Waals surface area contributed by atoms with E-state index in [0.29, 0.717) is 17.3 Å². The van der Waals surface area contributed by atoms with Crippen LogP contribution in [-0.4, -0.2) is 9.97 Å². The molecule has 0 aliphatic heterocycles. The van der Waals surface area contributed by atoms with Gasteiger partial charge < -0.3 is 10.5 Å². The van der Waals surface area contributed by atoms with Crippen molar-refractivity contribution < 1.29 is 4.74 Å². The highest BCUT2D eigenvalue weighted by atomic mass is 32.1. The monoisotopic (exact) mass is 272 g/mol. The minimum Gasteiger partial charge on any atom is -0.489 e. The van der Waals surface area contributed by atoms with Gasteiger partial charge in [-0.15, -0.1) is 0 Å². The molecule has 0 aliphatic carbocycles. The predicted octanol–water partition coefficient (Wildman–Crippen LogP) is 2.86. The molecule has 0 amide bonds. The van der Waals surface area contributed by atoms with Crippen LogP contribution in [0, 0.1) is 0 Å². The van der Waals surface area contributed by atoms with Crippen LogP contribution in [0.5, 0.6) is 5.75 Å². The molecule has 1 aromatic heterocycles. The van der Waals surface area contributed by atoms with Crippen molar-refractivity contribution in [3.63, 3.8) is 0 Å². The van der Waals surface area contributed by atoms with Gasteiger partial charge in [0.15, 0.2) is 0 Å². The Morgan fingerprint density at radius 3 is 2.89 bits per heavy atom. The summed E-state index contributed by atoms with van der Waals surface area (Å²) < 4.78 is 5.77. The number of aryl methyl sites for hydroxylation is 1. The summed E-state index contributed by atoms with van der Waals surface area (Å²) in [6.07, 6.45) is 2.66. The highest BCUT2D eigenvalue weighted by Crippen LogP contribution is 2.16. The number of thiocarbonyl (C=S) groups is 1. The van der Waals surface area contributed by atoms with Crippen LogP contribution in [0.25, 0.3) is 0 Å². The van der Waals surface area contributed by atoms with Crippen molar-refractivity contribution in [1.29, 1.82) is 0 Å². The van der Waals surface area contributed by atoms with Crippen molar-refractivity contribution in [2.75, 3.05) is 0 Å². The number of benzene rings is 1. The maximum Gasteiger partial charge on any atom is 0.123 e. The molecule has 0 radical (unpaired) electrons. The molecule has 19 heavy (non-hydrogen) atoms. The van der Waals surface area contributed by atoms with E-state index < -0.39 is 0 Å². The first-order valence-corrected chi connectivity index (χ1v) is 6.57. The lowest BCUT2D eigenvalue weighted by molar-refractivity contribution is 0.305. The summed E-state index contributed by atoms with van der Waals surface area (Å²) in [6.45, 7) is 2.53. The third-order valence-electron chi connectivity index (χ3n) is 2.83. The van der Waals surface area contributed by atoms with E-state index in [1.807, 2.05) is 30.3 Å². The van der Waals surface area contributed by atoms with Gasteiger partial charge in [0.05, 0.1) is 0 Å². The van der Waals surface area contributed by atoms with Gasteiger partial charge in [-0.05, 0) is 30.2 Å². The Morgan fingerprint density at radius 2 is 2.16 bits per heavy atom. The van der Waals surface area contributed by atoms with Crippen LogP contribution in [0.2, 0.25) is 0 Å². The molecule has 98 valence electrons. The molecule has 4 heteroatoms. The van der Waals surface area contributed by atoms with Crippen molar-refractivity contribution in [3.05, 3.63) is 59.4 Å². The third kappa shape index (κ3) is 3.51. The topological polar surface area (TPSA) is 48.1 Å². The Bertz CT molecular complexity index is 584. The Labute approximate surface area is 118 Å². The van der Waals surface area contributed by atoms with E-state index in [0.717, 1.165) is 17.7 Å². The summed E-state index contributed by atoms with van der Waals surface area (Å²) >= 11 is 4.98. The molecule has 0 unspecified atom stereocenters. The molecular formula is C15H16N2OS. The lowest BCUT2D eigenvalue weighted by atomic mass is 10.1. The molecule has 1 aromatic carbocycles. The lowest BCUT2D eigenvalue weighted by Crippen LogP contribution is -2.15. The van der Waals surface area contributed by atoms with Crippen LogP contribution in [0.4, 0.5) is 0 Å². The van der Waals surface area contributed by atoms with E-state index in [2.05, 4.69) is 18.0 Å². The first kappa shape index (κ1) is 13.5. The predicted molar refractivity (Wildman–Crippen MR) is 80.3 cm³/mol. The second-order valence-corrected chi connectivity index (χ2v) is 4.60. The summed E-state index contributed by atoms with van der Waals surface area (Å²) in [7, 11) is 0. The van der Waals surface area contributed by atoms with Gasteiger partial charge >= 0.3 is 0 Å². The molecule has 0 bridgehead atoms. The average Bonchev–Trinajstić information content (AvgIpc) is 2.45. The number of pyridine rings is 1. The van der Waals surface area contributed by atoms with Crippen LogP contribution in [0.15, 0.2) is 42.6 Å². The molecule has 0 saturated heterocycles. The van der Waals surface area contributed by atoms with Crippen LogP contribution in [0.3, 0.4) is 0 Å². The molecule has 2 rings (SSSR count). The fraction of sp³-hybridized carbons (Fsp3) is 0.200. The minimum atomic E-state index is 0.293. The smallest absolute Gasteiger partial charge is 0.123 e. The molecule has 0 saturated carbocycles. The van der Waals surface area contributed by atoms with Crippen LogP contribution < -0.4 is 10.5 Å². The fourth-order valence-corrected chi connectivity index (χ4v) is 1.98. The molecule has 0 spiro atoms. The van der Waals surface area contributed by atoms with Crippen molar-refractivity contribution >= 4 is 17.2 Å². The number of hydrogen-bond acceptors (Lipinski definition) is 3. The van der Waals surface area contributed by atoms with E-state index in [9.17, 15) is 0 Å². The zero-order chi connectivity index (χ0) is 13.7. The molecule has 3 nitrogen and oxygen atoms in total. The van der Waals surface area contributed by atoms with E-state index in [1.54, 1.807) is 6.20 Å². The van der Waals surface area contributed by atoms with Gasteiger partial charge in [0, 0.05) is 11.8 Å². The van der Waals surface area contributed by atoms with Crippen molar-refractivity contribution in [1.82, 2.24) is 4.98 Å². The maximum absolute atomic E-state index is 5.77. The van der Waals surface area contributed by atoms with Gasteiger partial charge in [0.2, 0.25) is 0 Å². The van der Waals surface area contributed by atoms with Gasteiger partial charge in [-0.3, -0.25) is 4.98 Å². The summed E-state index contributed by atoms with van der Waals surface area (Å²) in [4.78, 5) is 4.47. The first-order valence-electron chi connectivity index (χ1n) is 6.16. The summed E-state index contributed by atoms with van der Waals surface area (Å²) in [6, 6.07) is 11.8. The SMILES string of the molecule is CCc1cccc(OCc2cccnc2C(N)=S)c1. The van der Waals surface area contributed by atoms with Gasteiger partial charge in [-0.1, -0.05) is 37.3 Å². The van der Waals surface area contributed by atoms with Crippen molar-refractivity contribution in [3.8, 4) is 5.75 Å². The van der Waals surface area contributed by atoms with Gasteiger partial charge in [0.25, 0.3) is 0 Å². The largest absolute Gasteiger partial charge is 0.489 e. The highest BCUT2D eigenvalue weighted by Gasteiger charge is 2.06. The zero-order valence-corrected chi connectivity index (χ0v) is 11.6. The summed E-state index contributed by atoms with van der Waals surface area (Å²) in [5, 5.41) is 0. The standard InChI is InChI=1S/C15H16N2OS/c1-2-11-5-3-7-13(9-11)18-10-12-6-4-8-17-14(12)15(16)19/h3-9H,2,10H2,1H3,(H2,16,19). The van der Waals surface area contributed by atoms with E-state index in [4.69, 9.17) is 22.7 Å². The Hall–Kier alpha value is -1.94. The minimum absolute atomic E-state index is 0.293. The molecular weight excluding hydrogens is 256 g/mol. The van der Waals surface area contributed by atoms with Crippen molar-refractivity contribution in [2.45, 2.75) is 20.0 Å². The van der Waals surface area contributed by atoms with Crippen LogP contribution in [-0.2, 0) is 13.0 Å². The third-order valence-corrected chi connectivity index (χ3v) is 3.02. The zero-order valence-electron chi connectivity index (χ0n) is 10.8. The second kappa shape index (κ2) is 6.29. The van der Waals surface area contributed by atoms with E-state index >= 15 is 0 Å². The van der Waals surface area contributed by atoms with E-state index in [1.165, 1.54) is 5.56 Å². The Morgan fingerprint density at radius 1 is 1.32 bits per heavy atom. The number of hydrogen-bond donors (Lipinski definition) is 1. The van der Waals surface area contributed by atoms with Gasteiger partial charge in [-0.25, -0.2) is 0 Å². The Balaban J connectivity index is 2.12. The molecule has 2 N–H and O–H groups in total. The lowest BCUT2D eigenvalue weighted by Gasteiger charge is -2.10. The first-order chi connectivity index (χ1) is 9.20. The van der Waals surface area contributed by atoms with Crippen LogP contribution >= 0.6 is 12.2 Å². The van der Waals surface area contributed by atoms with E-state index in [-0.39, 0.29) is 0 Å². The number of rotatable bonds is 5. The van der Waals surface area contributed by atoms with Gasteiger partial charge in [-0.2, -0.15) is 0 Å². The second-order valence-electron chi connectivity index (χ2n) is 4.17. The van der Waals surface area contributed by atoms with Gasteiger partial charge in [0.1, 0.15) is 23.0 Å². The molecule has 0 aliphatic rings. The number of nitrogens with zero attached hydrogens (tertiary/aromatic N) is 1. The fourth-order valence-electron chi connectivity index (χ4n) is 1.79. The number of ether oxygens (including phenoxy) is 1. The number of aromatic nitrogens is 1. The average molecular weight is 272 g/mol. The number of nitrogens with two attached hydrogens (primary N) is 1. The van der Waals surface area contributed by atoms with Crippen molar-refractivity contribution in [2.24, 2.45) is 5.73 Å². The molecule has 1 heterocycles. The highest BCUT2D eigenvalue weighted by molar-refractivity contribution is 7.80. The normalized spacial score (nSPS) is 10.2. The molecule has 0 atom stereocenters. The summed E-state index contributed by atoms with van der Waals surface area (Å²) in [5.41, 5.74) is 8.42. The molecule has 2 aromatic rings. The maximum atomic E-state index is 5.77. The Kier molecular flexibility index (Phi) is 4.47.